The lowest BCUT2D eigenvalue weighted by molar-refractivity contribution is -0.127. The molecule has 6 nitrogen and oxygen atoms in total. The minimum atomic E-state index is -0.261. The van der Waals surface area contributed by atoms with Gasteiger partial charge in [0.05, 0.1) is 6.10 Å². The second kappa shape index (κ2) is 8.09. The molecule has 3 aliphatic carbocycles. The van der Waals surface area contributed by atoms with Gasteiger partial charge < -0.3 is 20.2 Å². The average Bonchev–Trinajstić information content (AvgIpc) is 2.97. The smallest absolute Gasteiger partial charge is 0.320 e. The van der Waals surface area contributed by atoms with Crippen LogP contribution in [0, 0.1) is 29.6 Å². The van der Waals surface area contributed by atoms with E-state index in [9.17, 15) is 14.7 Å². The molecule has 0 aromatic carbocycles. The van der Waals surface area contributed by atoms with E-state index in [-0.39, 0.29) is 24.0 Å². The lowest BCUT2D eigenvalue weighted by Gasteiger charge is -2.38. The number of likely N-dealkylation sites (tertiary alicyclic amines) is 2. The van der Waals surface area contributed by atoms with E-state index in [0.29, 0.717) is 51.0 Å². The fourth-order valence-corrected chi connectivity index (χ4v) is 7.12. The third kappa shape index (κ3) is 4.01. The minimum Gasteiger partial charge on any atom is -0.393 e. The van der Waals surface area contributed by atoms with E-state index >= 15 is 0 Å². The first-order valence-electron chi connectivity index (χ1n) is 12.1. The zero-order chi connectivity index (χ0) is 20.0. The van der Waals surface area contributed by atoms with E-state index in [0.717, 1.165) is 30.6 Å². The predicted octanol–water partition coefficient (Wildman–Crippen LogP) is 2.61. The van der Waals surface area contributed by atoms with Crippen molar-refractivity contribution in [2.24, 2.45) is 29.6 Å². The van der Waals surface area contributed by atoms with Crippen molar-refractivity contribution in [2.45, 2.75) is 76.4 Å². The van der Waals surface area contributed by atoms with Crippen LogP contribution >= 0.6 is 0 Å². The van der Waals surface area contributed by atoms with E-state index < -0.39 is 0 Å². The number of carbonyl (C=O) groups excluding carboxylic acids is 2. The number of urea groups is 1. The molecule has 2 N–H and O–H groups in total. The molecule has 29 heavy (non-hydrogen) atoms. The first-order chi connectivity index (χ1) is 14.1. The van der Waals surface area contributed by atoms with Gasteiger partial charge in [-0.1, -0.05) is 0 Å². The van der Waals surface area contributed by atoms with Crippen LogP contribution in [0.25, 0.3) is 0 Å². The lowest BCUT2D eigenvalue weighted by atomic mass is 9.77. The highest BCUT2D eigenvalue weighted by atomic mass is 16.3. The Hall–Kier alpha value is -1.30. The Morgan fingerprint density at radius 3 is 2.07 bits per heavy atom. The van der Waals surface area contributed by atoms with Crippen LogP contribution in [0.5, 0.6) is 0 Å². The van der Waals surface area contributed by atoms with Crippen molar-refractivity contribution in [3.63, 3.8) is 0 Å². The summed E-state index contributed by atoms with van der Waals surface area (Å²) in [5, 5.41) is 13.1. The molecule has 0 radical (unpaired) electrons. The Labute approximate surface area is 174 Å². The SMILES string of the molecule is O=C(NC1CC[C@@H]2CC3CC1C[C@H]2C3)C1CCN(C(=O)N2CCC(O)CC2)CC1. The summed E-state index contributed by atoms with van der Waals surface area (Å²) in [5.74, 6) is 3.78. The van der Waals surface area contributed by atoms with Gasteiger partial charge in [-0.15, -0.1) is 0 Å². The number of piperidine rings is 2. The number of hydrogen-bond donors (Lipinski definition) is 2. The molecule has 2 heterocycles. The van der Waals surface area contributed by atoms with E-state index in [1.165, 1.54) is 38.5 Å². The second-order valence-corrected chi connectivity index (χ2v) is 10.5. The summed E-state index contributed by atoms with van der Waals surface area (Å²) in [5.41, 5.74) is 0. The number of carbonyl (C=O) groups is 2. The van der Waals surface area contributed by atoms with E-state index in [4.69, 9.17) is 0 Å². The molecule has 0 aromatic heterocycles. The van der Waals surface area contributed by atoms with Crippen molar-refractivity contribution in [3.05, 3.63) is 0 Å². The van der Waals surface area contributed by atoms with E-state index in [1.54, 1.807) is 0 Å². The molecule has 2 saturated heterocycles. The molecule has 3 unspecified atom stereocenters. The number of aliphatic hydroxyl groups excluding tert-OH is 1. The number of hydrogen-bond acceptors (Lipinski definition) is 3. The van der Waals surface area contributed by atoms with Gasteiger partial charge >= 0.3 is 6.03 Å². The van der Waals surface area contributed by atoms with Gasteiger partial charge in [-0.3, -0.25) is 4.79 Å². The number of rotatable bonds is 2. The zero-order valence-electron chi connectivity index (χ0n) is 17.6. The normalized spacial score (nSPS) is 38.2. The summed E-state index contributed by atoms with van der Waals surface area (Å²) >= 11 is 0. The number of nitrogens with zero attached hydrogens (tertiary/aromatic N) is 2. The maximum Gasteiger partial charge on any atom is 0.320 e. The third-order valence-corrected chi connectivity index (χ3v) is 8.80. The van der Waals surface area contributed by atoms with Gasteiger partial charge in [0.1, 0.15) is 0 Å². The molecule has 3 amide bonds. The minimum absolute atomic E-state index is 0.0550. The predicted molar refractivity (Wildman–Crippen MR) is 110 cm³/mol. The van der Waals surface area contributed by atoms with E-state index in [2.05, 4.69) is 5.32 Å². The van der Waals surface area contributed by atoms with E-state index in [1.807, 2.05) is 9.80 Å². The van der Waals surface area contributed by atoms with Crippen molar-refractivity contribution < 1.29 is 14.7 Å². The molecule has 3 saturated carbocycles. The quantitative estimate of drug-likeness (QED) is 0.744. The van der Waals surface area contributed by atoms with Crippen LogP contribution in [0.4, 0.5) is 4.79 Å². The van der Waals surface area contributed by atoms with Gasteiger partial charge in [0.25, 0.3) is 0 Å². The van der Waals surface area contributed by atoms with Crippen LogP contribution in [0.15, 0.2) is 0 Å². The largest absolute Gasteiger partial charge is 0.393 e. The summed E-state index contributed by atoms with van der Waals surface area (Å²) in [6.45, 7) is 2.64. The maximum absolute atomic E-state index is 13.0. The fraction of sp³-hybridized carbons (Fsp3) is 0.913. The van der Waals surface area contributed by atoms with Crippen molar-refractivity contribution in [3.8, 4) is 0 Å². The Bertz CT molecular complexity index is 625. The van der Waals surface area contributed by atoms with Crippen molar-refractivity contribution in [1.82, 2.24) is 15.1 Å². The molecular weight excluding hydrogens is 366 g/mol. The number of aliphatic hydroxyl groups is 1. The summed E-state index contributed by atoms with van der Waals surface area (Å²) < 4.78 is 0. The van der Waals surface area contributed by atoms with Crippen LogP contribution in [0.2, 0.25) is 0 Å². The third-order valence-electron chi connectivity index (χ3n) is 8.80. The molecule has 6 heteroatoms. The van der Waals surface area contributed by atoms with Crippen molar-refractivity contribution >= 4 is 11.9 Å². The average molecular weight is 404 g/mol. The molecule has 0 aromatic rings. The van der Waals surface area contributed by atoms with Crippen LogP contribution in [0.3, 0.4) is 0 Å². The summed E-state index contributed by atoms with van der Waals surface area (Å²) in [6.07, 6.45) is 10.7. The van der Waals surface area contributed by atoms with Gasteiger partial charge in [0.15, 0.2) is 0 Å². The van der Waals surface area contributed by atoms with Gasteiger partial charge in [-0.25, -0.2) is 4.79 Å². The Morgan fingerprint density at radius 2 is 1.34 bits per heavy atom. The van der Waals surface area contributed by atoms with Gasteiger partial charge in [0, 0.05) is 38.1 Å². The van der Waals surface area contributed by atoms with Gasteiger partial charge in [-0.2, -0.15) is 0 Å². The summed E-state index contributed by atoms with van der Waals surface area (Å²) in [7, 11) is 0. The monoisotopic (exact) mass is 403 g/mol. The molecule has 162 valence electrons. The Balaban J connectivity index is 1.11. The van der Waals surface area contributed by atoms with Crippen molar-refractivity contribution in [1.29, 1.82) is 0 Å². The second-order valence-electron chi connectivity index (χ2n) is 10.5. The fourth-order valence-electron chi connectivity index (χ4n) is 7.12. The molecule has 0 spiro atoms. The van der Waals surface area contributed by atoms with Crippen LogP contribution in [0.1, 0.15) is 64.2 Å². The molecule has 2 aliphatic heterocycles. The lowest BCUT2D eigenvalue weighted by Crippen LogP contribution is -2.52. The van der Waals surface area contributed by atoms with Crippen molar-refractivity contribution in [2.75, 3.05) is 26.2 Å². The summed E-state index contributed by atoms with van der Waals surface area (Å²) in [6, 6.07) is 0.476. The van der Waals surface area contributed by atoms with Crippen LogP contribution in [-0.4, -0.2) is 65.2 Å². The number of amides is 3. The molecule has 5 rings (SSSR count). The molecule has 5 aliphatic rings. The Kier molecular flexibility index (Phi) is 5.48. The topological polar surface area (TPSA) is 72.9 Å². The molecule has 3 bridgehead atoms. The zero-order valence-corrected chi connectivity index (χ0v) is 17.6. The summed E-state index contributed by atoms with van der Waals surface area (Å²) in [4.78, 5) is 29.5. The molecule has 5 fully saturated rings. The highest BCUT2D eigenvalue weighted by molar-refractivity contribution is 5.80. The number of nitrogens with one attached hydrogen (secondary N) is 1. The first-order valence-corrected chi connectivity index (χ1v) is 12.1. The Morgan fingerprint density at radius 1 is 0.724 bits per heavy atom. The first kappa shape index (κ1) is 19.7. The van der Waals surface area contributed by atoms with Crippen LogP contribution in [-0.2, 0) is 4.79 Å². The highest BCUT2D eigenvalue weighted by Crippen LogP contribution is 2.53. The maximum atomic E-state index is 13.0. The molecule has 5 atom stereocenters. The standard InChI is InChI=1S/C23H37N3O3/c27-20-5-9-26(10-6-20)23(29)25-7-3-16(4-8-25)22(28)24-21-2-1-17-11-15-12-18(17)14-19(21)13-15/h15-21,27H,1-14H2,(H,24,28)/t15?,17-,18-,19?,21?/m1/s1. The van der Waals surface area contributed by atoms with Gasteiger partial charge in [-0.05, 0) is 87.9 Å². The highest BCUT2D eigenvalue weighted by Gasteiger charge is 2.46. The van der Waals surface area contributed by atoms with Gasteiger partial charge in [0.2, 0.25) is 5.91 Å². The molecular formula is C23H37N3O3. The van der Waals surface area contributed by atoms with Crippen LogP contribution < -0.4 is 5.32 Å². The number of fused-ring (bicyclic) bond motifs is 2.